The van der Waals surface area contributed by atoms with Crippen LogP contribution in [0.4, 0.5) is 22.7 Å². The molecule has 0 atom stereocenters. The Morgan fingerprint density at radius 1 is 1.00 bits per heavy atom. The predicted octanol–water partition coefficient (Wildman–Crippen LogP) is 4.85. The summed E-state index contributed by atoms with van der Waals surface area (Å²) in [5.74, 6) is 0. The molecule has 0 aliphatic carbocycles. The molecular weight excluding hydrogens is 288 g/mol. The molecule has 1 aliphatic heterocycles. The third-order valence-corrected chi connectivity index (χ3v) is 3.66. The molecule has 0 fully saturated rings. The van der Waals surface area contributed by atoms with E-state index in [2.05, 4.69) is 21.5 Å². The van der Waals surface area contributed by atoms with Crippen LogP contribution in [0.5, 0.6) is 0 Å². The van der Waals surface area contributed by atoms with Gasteiger partial charge in [0.15, 0.2) is 0 Å². The summed E-state index contributed by atoms with van der Waals surface area (Å²) in [6.07, 6.45) is 0. The minimum absolute atomic E-state index is 0.719. The van der Waals surface area contributed by atoms with Crippen LogP contribution in [0.25, 0.3) is 0 Å². The Hall–Kier alpha value is -1.19. The Bertz CT molecular complexity index is 556. The molecule has 0 saturated carbocycles. The van der Waals surface area contributed by atoms with Crippen LogP contribution in [0.1, 0.15) is 0 Å². The largest absolute Gasteiger partial charge is 0.351 e. The zero-order chi connectivity index (χ0) is 11.1. The summed E-state index contributed by atoms with van der Waals surface area (Å²) in [5.41, 5.74) is 4.07. The van der Waals surface area contributed by atoms with Crippen LogP contribution < -0.4 is 9.24 Å². The molecule has 80 valence electrons. The van der Waals surface area contributed by atoms with Crippen LogP contribution in [0, 0.1) is 0 Å². The number of hydrogen-bond donors (Lipinski definition) is 1. The standard InChI is InChI=1S/C12H8BrClN2/c13-16-10-6-2-1-5-9(10)15-12-8(14)4-3-7-11(12)16/h1-7,15H. The van der Waals surface area contributed by atoms with Gasteiger partial charge in [0, 0.05) is 0 Å². The fourth-order valence-electron chi connectivity index (χ4n) is 1.82. The van der Waals surface area contributed by atoms with E-state index in [1.54, 1.807) is 0 Å². The van der Waals surface area contributed by atoms with Gasteiger partial charge < -0.3 is 5.32 Å². The molecule has 2 aromatic rings. The lowest BCUT2D eigenvalue weighted by atomic mass is 10.1. The molecule has 1 aliphatic rings. The van der Waals surface area contributed by atoms with E-state index in [0.717, 1.165) is 27.8 Å². The molecule has 2 nitrogen and oxygen atoms in total. The van der Waals surface area contributed by atoms with Crippen LogP contribution in [-0.4, -0.2) is 0 Å². The van der Waals surface area contributed by atoms with Crippen LogP contribution in [0.15, 0.2) is 42.5 Å². The maximum atomic E-state index is 6.16. The Balaban J connectivity index is 2.22. The molecular formula is C12H8BrClN2. The summed E-state index contributed by atoms with van der Waals surface area (Å²) in [7, 11) is 0. The van der Waals surface area contributed by atoms with Gasteiger partial charge in [-0.2, -0.15) is 0 Å². The topological polar surface area (TPSA) is 15.3 Å². The van der Waals surface area contributed by atoms with E-state index < -0.39 is 0 Å². The number of nitrogens with one attached hydrogen (secondary N) is 1. The van der Waals surface area contributed by atoms with Crippen molar-refractivity contribution in [2.45, 2.75) is 0 Å². The Morgan fingerprint density at radius 3 is 2.62 bits per heavy atom. The van der Waals surface area contributed by atoms with Gasteiger partial charge in [-0.25, -0.2) is 0 Å². The summed E-state index contributed by atoms with van der Waals surface area (Å²) < 4.78 is 1.96. The molecule has 0 amide bonds. The molecule has 16 heavy (non-hydrogen) atoms. The monoisotopic (exact) mass is 294 g/mol. The molecule has 0 radical (unpaired) electrons. The van der Waals surface area contributed by atoms with E-state index >= 15 is 0 Å². The van der Waals surface area contributed by atoms with Crippen LogP contribution >= 0.6 is 27.7 Å². The highest BCUT2D eigenvalue weighted by Crippen LogP contribution is 2.47. The second-order valence-electron chi connectivity index (χ2n) is 3.56. The van der Waals surface area contributed by atoms with Crippen molar-refractivity contribution in [1.29, 1.82) is 0 Å². The van der Waals surface area contributed by atoms with Crippen molar-refractivity contribution in [3.05, 3.63) is 47.5 Å². The molecule has 0 saturated heterocycles. The van der Waals surface area contributed by atoms with Gasteiger partial charge in [0.25, 0.3) is 0 Å². The second-order valence-corrected chi connectivity index (χ2v) is 4.67. The fraction of sp³-hybridized carbons (Fsp3) is 0. The molecule has 0 spiro atoms. The molecule has 4 heteroatoms. The zero-order valence-corrected chi connectivity index (χ0v) is 10.6. The number of fused-ring (bicyclic) bond motifs is 2. The average Bonchev–Trinajstić information content (AvgIpc) is 2.31. The first-order valence-electron chi connectivity index (χ1n) is 4.88. The van der Waals surface area contributed by atoms with Gasteiger partial charge in [0.1, 0.15) is 0 Å². The average molecular weight is 296 g/mol. The quantitative estimate of drug-likeness (QED) is 0.699. The molecule has 2 aromatic carbocycles. The number of anilines is 4. The Labute approximate surface area is 107 Å². The fourth-order valence-corrected chi connectivity index (χ4v) is 2.64. The summed E-state index contributed by atoms with van der Waals surface area (Å²) in [4.78, 5) is 0. The predicted molar refractivity (Wildman–Crippen MR) is 72.2 cm³/mol. The molecule has 1 N–H and O–H groups in total. The molecule has 0 bridgehead atoms. The first-order chi connectivity index (χ1) is 7.77. The van der Waals surface area contributed by atoms with Crippen molar-refractivity contribution >= 4 is 50.5 Å². The van der Waals surface area contributed by atoms with E-state index in [1.165, 1.54) is 0 Å². The van der Waals surface area contributed by atoms with Gasteiger partial charge in [-0.15, -0.1) is 0 Å². The number of benzene rings is 2. The van der Waals surface area contributed by atoms with Crippen LogP contribution in [-0.2, 0) is 0 Å². The van der Waals surface area contributed by atoms with Crippen molar-refractivity contribution < 1.29 is 0 Å². The van der Waals surface area contributed by atoms with Gasteiger partial charge in [-0.3, -0.25) is 3.93 Å². The lowest BCUT2D eigenvalue weighted by Gasteiger charge is -2.29. The number of halogens is 2. The Kier molecular flexibility index (Phi) is 2.30. The maximum absolute atomic E-state index is 6.16. The van der Waals surface area contributed by atoms with Gasteiger partial charge >= 0.3 is 0 Å². The number of rotatable bonds is 0. The minimum atomic E-state index is 0.719. The van der Waals surface area contributed by atoms with E-state index in [0.29, 0.717) is 0 Å². The first-order valence-corrected chi connectivity index (χ1v) is 5.96. The second kappa shape index (κ2) is 3.68. The van der Waals surface area contributed by atoms with Crippen molar-refractivity contribution in [3.63, 3.8) is 0 Å². The van der Waals surface area contributed by atoms with Gasteiger partial charge in [-0.05, 0) is 24.3 Å². The number of hydrogen-bond acceptors (Lipinski definition) is 2. The third-order valence-electron chi connectivity index (χ3n) is 2.58. The van der Waals surface area contributed by atoms with Gasteiger partial charge in [0.2, 0.25) is 0 Å². The summed E-state index contributed by atoms with van der Waals surface area (Å²) >= 11 is 9.72. The molecule has 0 unspecified atom stereocenters. The van der Waals surface area contributed by atoms with Crippen molar-refractivity contribution in [3.8, 4) is 0 Å². The van der Waals surface area contributed by atoms with E-state index in [4.69, 9.17) is 11.6 Å². The highest BCUT2D eigenvalue weighted by Gasteiger charge is 2.21. The first kappa shape index (κ1) is 10.00. The lowest BCUT2D eigenvalue weighted by Crippen LogP contribution is -2.12. The Morgan fingerprint density at radius 2 is 1.75 bits per heavy atom. The van der Waals surface area contributed by atoms with Crippen molar-refractivity contribution in [2.75, 3.05) is 9.24 Å². The van der Waals surface area contributed by atoms with E-state index in [9.17, 15) is 0 Å². The smallest absolute Gasteiger partial charge is 0.0824 e. The van der Waals surface area contributed by atoms with Crippen LogP contribution in [0.2, 0.25) is 5.02 Å². The lowest BCUT2D eigenvalue weighted by molar-refractivity contribution is 1.38. The maximum Gasteiger partial charge on any atom is 0.0824 e. The molecule has 0 aromatic heterocycles. The van der Waals surface area contributed by atoms with E-state index in [1.807, 2.05) is 46.4 Å². The summed E-state index contributed by atoms with van der Waals surface area (Å²) in [5, 5.41) is 4.05. The van der Waals surface area contributed by atoms with Gasteiger partial charge in [-0.1, -0.05) is 29.8 Å². The molecule has 1 heterocycles. The number of para-hydroxylation sites is 3. The minimum Gasteiger partial charge on any atom is -0.351 e. The van der Waals surface area contributed by atoms with Gasteiger partial charge in [0.05, 0.1) is 43.9 Å². The number of nitrogens with zero attached hydrogens (tertiary/aromatic N) is 1. The highest BCUT2D eigenvalue weighted by molar-refractivity contribution is 9.10. The third kappa shape index (κ3) is 1.39. The van der Waals surface area contributed by atoms with Crippen molar-refractivity contribution in [2.24, 2.45) is 0 Å². The molecule has 3 rings (SSSR count). The summed E-state index contributed by atoms with van der Waals surface area (Å²) in [6.45, 7) is 0. The zero-order valence-electron chi connectivity index (χ0n) is 8.24. The van der Waals surface area contributed by atoms with Crippen LogP contribution in [0.3, 0.4) is 0 Å². The van der Waals surface area contributed by atoms with E-state index in [-0.39, 0.29) is 0 Å². The SMILES string of the molecule is Clc1cccc2c1Nc1ccccc1N2Br. The highest BCUT2D eigenvalue weighted by atomic mass is 79.9. The summed E-state index contributed by atoms with van der Waals surface area (Å²) in [6, 6.07) is 13.9. The normalized spacial score (nSPS) is 12.8. The van der Waals surface area contributed by atoms with Crippen molar-refractivity contribution in [1.82, 2.24) is 0 Å².